The number of benzene rings is 1. The lowest BCUT2D eigenvalue weighted by atomic mass is 9.98. The molecular weight excluding hydrogens is 231 g/mol. The maximum atomic E-state index is 13.0. The number of aliphatic hydroxyl groups excluding tert-OH is 1. The Kier molecular flexibility index (Phi) is 3.70. The molecule has 0 spiro atoms. The first-order valence-electron chi connectivity index (χ1n) is 4.83. The second-order valence-electron chi connectivity index (χ2n) is 4.06. The number of aryl methyl sites for hydroxylation is 2. The maximum absolute atomic E-state index is 13.0. The van der Waals surface area contributed by atoms with Gasteiger partial charge in [0.25, 0.3) is 0 Å². The van der Waals surface area contributed by atoms with Crippen molar-refractivity contribution in [3.05, 3.63) is 34.6 Å². The fraction of sp³-hybridized carbons (Fsp3) is 0.455. The average molecular weight is 246 g/mol. The molecule has 0 fully saturated rings. The van der Waals surface area contributed by atoms with E-state index in [1.54, 1.807) is 13.8 Å². The van der Waals surface area contributed by atoms with E-state index in [4.69, 9.17) is 0 Å². The number of hydrogen-bond donors (Lipinski definition) is 1. The van der Waals surface area contributed by atoms with Crippen LogP contribution in [0.15, 0.2) is 12.1 Å². The van der Waals surface area contributed by atoms with Gasteiger partial charge in [-0.3, -0.25) is 0 Å². The topological polar surface area (TPSA) is 54.4 Å². The Labute approximate surface area is 94.8 Å². The van der Waals surface area contributed by atoms with Gasteiger partial charge in [0, 0.05) is 6.26 Å². The molecule has 0 aliphatic heterocycles. The van der Waals surface area contributed by atoms with E-state index in [1.165, 1.54) is 12.1 Å². The number of aliphatic hydroxyl groups is 1. The van der Waals surface area contributed by atoms with Crippen molar-refractivity contribution in [2.24, 2.45) is 0 Å². The molecule has 0 saturated carbocycles. The molecule has 0 aromatic heterocycles. The summed E-state index contributed by atoms with van der Waals surface area (Å²) in [4.78, 5) is 0. The first kappa shape index (κ1) is 13.1. The van der Waals surface area contributed by atoms with Crippen molar-refractivity contribution in [1.82, 2.24) is 0 Å². The molecule has 1 unspecified atom stereocenters. The van der Waals surface area contributed by atoms with Crippen molar-refractivity contribution in [3.63, 3.8) is 0 Å². The van der Waals surface area contributed by atoms with Crippen LogP contribution in [0.4, 0.5) is 4.39 Å². The molecule has 0 radical (unpaired) electrons. The van der Waals surface area contributed by atoms with Gasteiger partial charge in [0.1, 0.15) is 15.7 Å². The molecule has 0 aliphatic rings. The lowest BCUT2D eigenvalue weighted by molar-refractivity contribution is 0.200. The summed E-state index contributed by atoms with van der Waals surface area (Å²) in [5, 5.41) is 9.81. The standard InChI is InChI=1S/C11H15FO3S/c1-7-4-9(12)5-8(2)11(7)10(13)6-16(3,14)15/h4-5,10,13H,6H2,1-3H3. The van der Waals surface area contributed by atoms with Crippen molar-refractivity contribution in [1.29, 1.82) is 0 Å². The van der Waals surface area contributed by atoms with E-state index in [9.17, 15) is 17.9 Å². The monoisotopic (exact) mass is 246 g/mol. The molecule has 1 aromatic rings. The highest BCUT2D eigenvalue weighted by Gasteiger charge is 2.18. The van der Waals surface area contributed by atoms with Crippen LogP contribution in [0.1, 0.15) is 22.8 Å². The minimum atomic E-state index is -3.26. The second kappa shape index (κ2) is 4.51. The summed E-state index contributed by atoms with van der Waals surface area (Å²) in [6.45, 7) is 3.30. The summed E-state index contributed by atoms with van der Waals surface area (Å²) in [5.41, 5.74) is 1.62. The van der Waals surface area contributed by atoms with Gasteiger partial charge in [-0.1, -0.05) is 0 Å². The molecular formula is C11H15FO3S. The maximum Gasteiger partial charge on any atom is 0.150 e. The zero-order valence-corrected chi connectivity index (χ0v) is 10.3. The average Bonchev–Trinajstić information content (AvgIpc) is 1.96. The first-order chi connectivity index (χ1) is 7.20. The molecule has 90 valence electrons. The highest BCUT2D eigenvalue weighted by molar-refractivity contribution is 7.90. The summed E-state index contributed by atoms with van der Waals surface area (Å²) in [5.74, 6) is -0.731. The number of halogens is 1. The van der Waals surface area contributed by atoms with Gasteiger partial charge >= 0.3 is 0 Å². The Bertz CT molecular complexity index is 471. The van der Waals surface area contributed by atoms with Crippen LogP contribution in [-0.4, -0.2) is 25.5 Å². The van der Waals surface area contributed by atoms with Gasteiger partial charge in [-0.05, 0) is 42.7 Å². The van der Waals surface area contributed by atoms with Crippen LogP contribution >= 0.6 is 0 Å². The van der Waals surface area contributed by atoms with Crippen molar-refractivity contribution in [3.8, 4) is 0 Å². The minimum Gasteiger partial charge on any atom is -0.387 e. The first-order valence-corrected chi connectivity index (χ1v) is 6.89. The smallest absolute Gasteiger partial charge is 0.150 e. The quantitative estimate of drug-likeness (QED) is 0.879. The predicted octanol–water partition coefficient (Wildman–Crippen LogP) is 1.52. The SMILES string of the molecule is Cc1cc(F)cc(C)c1C(O)CS(C)(=O)=O. The third-order valence-corrected chi connectivity index (χ3v) is 3.27. The van der Waals surface area contributed by atoms with Gasteiger partial charge in [0.15, 0.2) is 0 Å². The van der Waals surface area contributed by atoms with E-state index in [0.29, 0.717) is 16.7 Å². The van der Waals surface area contributed by atoms with Crippen molar-refractivity contribution in [2.75, 3.05) is 12.0 Å². The Morgan fingerprint density at radius 2 is 1.75 bits per heavy atom. The molecule has 16 heavy (non-hydrogen) atoms. The summed E-state index contributed by atoms with van der Waals surface area (Å²) < 4.78 is 35.2. The van der Waals surface area contributed by atoms with E-state index in [1.807, 2.05) is 0 Å². The highest BCUT2D eigenvalue weighted by atomic mass is 32.2. The number of sulfone groups is 1. The van der Waals surface area contributed by atoms with Crippen LogP contribution in [0.3, 0.4) is 0 Å². The van der Waals surface area contributed by atoms with Crippen LogP contribution in [0.2, 0.25) is 0 Å². The van der Waals surface area contributed by atoms with E-state index < -0.39 is 15.9 Å². The van der Waals surface area contributed by atoms with E-state index in [-0.39, 0.29) is 11.6 Å². The van der Waals surface area contributed by atoms with Crippen LogP contribution in [0.5, 0.6) is 0 Å². The van der Waals surface area contributed by atoms with E-state index in [0.717, 1.165) is 6.26 Å². The van der Waals surface area contributed by atoms with Crippen LogP contribution in [0.25, 0.3) is 0 Å². The molecule has 1 aromatic carbocycles. The fourth-order valence-electron chi connectivity index (χ4n) is 1.82. The molecule has 3 nitrogen and oxygen atoms in total. The van der Waals surface area contributed by atoms with Gasteiger partial charge in [-0.25, -0.2) is 12.8 Å². The molecule has 0 aliphatic carbocycles. The molecule has 0 bridgehead atoms. The predicted molar refractivity (Wildman–Crippen MR) is 60.5 cm³/mol. The normalized spacial score (nSPS) is 13.8. The zero-order chi connectivity index (χ0) is 12.5. The number of rotatable bonds is 3. The third kappa shape index (κ3) is 3.28. The highest BCUT2D eigenvalue weighted by Crippen LogP contribution is 2.24. The molecule has 1 N–H and O–H groups in total. The summed E-state index contributed by atoms with van der Waals surface area (Å²) in [6, 6.07) is 2.57. The molecule has 0 saturated heterocycles. The van der Waals surface area contributed by atoms with Crippen molar-refractivity contribution >= 4 is 9.84 Å². The molecule has 0 amide bonds. The van der Waals surface area contributed by atoms with Gasteiger partial charge < -0.3 is 5.11 Å². The van der Waals surface area contributed by atoms with E-state index in [2.05, 4.69) is 0 Å². The molecule has 1 atom stereocenters. The Hall–Kier alpha value is -0.940. The lowest BCUT2D eigenvalue weighted by Gasteiger charge is -2.15. The minimum absolute atomic E-state index is 0.347. The molecule has 1 rings (SSSR count). The van der Waals surface area contributed by atoms with Gasteiger partial charge in [-0.2, -0.15) is 0 Å². The van der Waals surface area contributed by atoms with Gasteiger partial charge in [0.2, 0.25) is 0 Å². The van der Waals surface area contributed by atoms with Crippen LogP contribution in [-0.2, 0) is 9.84 Å². The third-order valence-electron chi connectivity index (χ3n) is 2.35. The largest absolute Gasteiger partial charge is 0.387 e. The van der Waals surface area contributed by atoms with Crippen molar-refractivity contribution in [2.45, 2.75) is 20.0 Å². The lowest BCUT2D eigenvalue weighted by Crippen LogP contribution is -2.15. The fourth-order valence-corrected chi connectivity index (χ4v) is 2.56. The van der Waals surface area contributed by atoms with Gasteiger partial charge in [0.05, 0.1) is 11.9 Å². The Morgan fingerprint density at radius 3 is 2.12 bits per heavy atom. The van der Waals surface area contributed by atoms with Crippen LogP contribution in [0, 0.1) is 19.7 Å². The Balaban J connectivity index is 3.14. The summed E-state index contributed by atoms with van der Waals surface area (Å²) >= 11 is 0. The van der Waals surface area contributed by atoms with Crippen LogP contribution < -0.4 is 0 Å². The number of hydrogen-bond acceptors (Lipinski definition) is 3. The van der Waals surface area contributed by atoms with Crippen molar-refractivity contribution < 1.29 is 17.9 Å². The van der Waals surface area contributed by atoms with Gasteiger partial charge in [-0.15, -0.1) is 0 Å². The summed E-state index contributed by atoms with van der Waals surface area (Å²) in [6.07, 6.45) is -0.0414. The second-order valence-corrected chi connectivity index (χ2v) is 6.25. The van der Waals surface area contributed by atoms with E-state index >= 15 is 0 Å². The summed E-state index contributed by atoms with van der Waals surface area (Å²) in [7, 11) is -3.26. The zero-order valence-electron chi connectivity index (χ0n) is 9.49. The molecule has 0 heterocycles. The Morgan fingerprint density at radius 1 is 1.31 bits per heavy atom. The molecule has 5 heteroatoms.